The summed E-state index contributed by atoms with van der Waals surface area (Å²) < 4.78 is 0. The molecule has 0 radical (unpaired) electrons. The fraction of sp³-hybridized carbons (Fsp3) is 1.00. The summed E-state index contributed by atoms with van der Waals surface area (Å²) >= 11 is 0. The van der Waals surface area contributed by atoms with E-state index in [0.29, 0.717) is 6.54 Å². The third-order valence-electron chi connectivity index (χ3n) is 4.10. The lowest BCUT2D eigenvalue weighted by Crippen LogP contribution is -2.53. The Morgan fingerprint density at radius 3 is 2.36 bits per heavy atom. The normalized spacial score (nSPS) is 33.6. The molecule has 0 aromatic heterocycles. The van der Waals surface area contributed by atoms with Gasteiger partial charge in [-0.15, -0.1) is 0 Å². The van der Waals surface area contributed by atoms with Gasteiger partial charge in [0.1, 0.15) is 0 Å². The Morgan fingerprint density at radius 1 is 1.50 bits per heavy atom. The fourth-order valence-electron chi connectivity index (χ4n) is 2.31. The number of likely N-dealkylation sites (N-methyl/N-ethyl adjacent to an activating group) is 1. The van der Waals surface area contributed by atoms with Gasteiger partial charge in [0.15, 0.2) is 0 Å². The van der Waals surface area contributed by atoms with Gasteiger partial charge in [0.2, 0.25) is 0 Å². The third-order valence-corrected chi connectivity index (χ3v) is 4.10. The first kappa shape index (κ1) is 12.0. The van der Waals surface area contributed by atoms with E-state index in [0.717, 1.165) is 13.0 Å². The minimum absolute atomic E-state index is 0.0506. The fourth-order valence-corrected chi connectivity index (χ4v) is 2.31. The molecule has 1 saturated heterocycles. The Hall–Kier alpha value is -0.120. The van der Waals surface area contributed by atoms with Crippen LogP contribution in [0.5, 0.6) is 0 Å². The van der Waals surface area contributed by atoms with Gasteiger partial charge in [-0.2, -0.15) is 0 Å². The van der Waals surface area contributed by atoms with Crippen LogP contribution in [-0.4, -0.2) is 47.5 Å². The lowest BCUT2D eigenvalue weighted by Gasteiger charge is -2.44. The Morgan fingerprint density at radius 2 is 2.07 bits per heavy atom. The van der Waals surface area contributed by atoms with E-state index in [1.807, 2.05) is 14.0 Å². The predicted octanol–water partition coefficient (Wildman–Crippen LogP) is 0.708. The van der Waals surface area contributed by atoms with Crippen molar-refractivity contribution in [1.29, 1.82) is 0 Å². The van der Waals surface area contributed by atoms with Gasteiger partial charge in [-0.05, 0) is 19.4 Å². The Balaban J connectivity index is 2.88. The molecule has 1 fully saturated rings. The quantitative estimate of drug-likeness (QED) is 0.706. The number of hydrogen-bond acceptors (Lipinski definition) is 3. The molecule has 1 aliphatic heterocycles. The highest BCUT2D eigenvalue weighted by Crippen LogP contribution is 2.43. The van der Waals surface area contributed by atoms with Gasteiger partial charge < -0.3 is 15.1 Å². The lowest BCUT2D eigenvalue weighted by molar-refractivity contribution is -0.115. The van der Waals surface area contributed by atoms with Crippen molar-refractivity contribution in [2.45, 2.75) is 32.8 Å². The maximum Gasteiger partial charge on any atom is 0.0863 e. The zero-order chi connectivity index (χ0) is 11.0. The van der Waals surface area contributed by atoms with Crippen molar-refractivity contribution in [3.05, 3.63) is 0 Å². The molecule has 3 nitrogen and oxygen atoms in total. The lowest BCUT2D eigenvalue weighted by atomic mass is 9.66. The second-order valence-corrected chi connectivity index (χ2v) is 5.25. The maximum atomic E-state index is 10.5. The van der Waals surface area contributed by atoms with Crippen LogP contribution in [0.3, 0.4) is 0 Å². The molecule has 2 atom stereocenters. The highest BCUT2D eigenvalue weighted by Gasteiger charge is 2.51. The van der Waals surface area contributed by atoms with Crippen molar-refractivity contribution in [3.8, 4) is 0 Å². The van der Waals surface area contributed by atoms with Gasteiger partial charge in [-0.3, -0.25) is 0 Å². The third kappa shape index (κ3) is 1.69. The van der Waals surface area contributed by atoms with E-state index in [2.05, 4.69) is 18.7 Å². The average Bonchev–Trinajstić information content (AvgIpc) is 2.45. The van der Waals surface area contributed by atoms with E-state index in [-0.39, 0.29) is 12.5 Å². The SMILES string of the molecule is CC(C)C(C)(CO)C1(O)CCN(C)C1. The van der Waals surface area contributed by atoms with E-state index >= 15 is 0 Å². The minimum Gasteiger partial charge on any atom is -0.396 e. The summed E-state index contributed by atoms with van der Waals surface area (Å²) in [5, 5.41) is 20.0. The predicted molar refractivity (Wildman–Crippen MR) is 57.1 cm³/mol. The molecule has 1 rings (SSSR count). The van der Waals surface area contributed by atoms with E-state index in [4.69, 9.17) is 0 Å². The van der Waals surface area contributed by atoms with Crippen LogP contribution in [0.2, 0.25) is 0 Å². The number of hydrogen-bond donors (Lipinski definition) is 2. The van der Waals surface area contributed by atoms with Crippen molar-refractivity contribution in [1.82, 2.24) is 4.90 Å². The molecular formula is C11H23NO2. The Labute approximate surface area is 86.7 Å². The highest BCUT2D eigenvalue weighted by molar-refractivity contribution is 5.02. The first-order chi connectivity index (χ1) is 6.35. The molecule has 1 heterocycles. The molecule has 0 amide bonds. The van der Waals surface area contributed by atoms with Gasteiger partial charge >= 0.3 is 0 Å². The van der Waals surface area contributed by atoms with E-state index in [9.17, 15) is 10.2 Å². The average molecular weight is 201 g/mol. The Bertz CT molecular complexity index is 207. The van der Waals surface area contributed by atoms with Crippen LogP contribution in [0.1, 0.15) is 27.2 Å². The molecule has 0 aromatic rings. The number of β-amino-alcohol motifs (C(OH)–C–C–N with tert-alkyl or cyclic N) is 1. The van der Waals surface area contributed by atoms with Crippen LogP contribution in [0.4, 0.5) is 0 Å². The van der Waals surface area contributed by atoms with Crippen molar-refractivity contribution in [3.63, 3.8) is 0 Å². The zero-order valence-corrected chi connectivity index (χ0v) is 9.75. The van der Waals surface area contributed by atoms with E-state index in [1.54, 1.807) is 0 Å². The molecule has 0 bridgehead atoms. The topological polar surface area (TPSA) is 43.7 Å². The Kier molecular flexibility index (Phi) is 3.24. The molecule has 2 N–H and O–H groups in total. The first-order valence-corrected chi connectivity index (χ1v) is 5.37. The zero-order valence-electron chi connectivity index (χ0n) is 9.75. The van der Waals surface area contributed by atoms with Crippen molar-refractivity contribution in [2.75, 3.05) is 26.7 Å². The summed E-state index contributed by atoms with van der Waals surface area (Å²) in [6.07, 6.45) is 0.763. The molecule has 84 valence electrons. The van der Waals surface area contributed by atoms with Gasteiger partial charge in [0, 0.05) is 18.5 Å². The number of aliphatic hydroxyl groups excluding tert-OH is 1. The van der Waals surface area contributed by atoms with Gasteiger partial charge in [0.05, 0.1) is 12.2 Å². The van der Waals surface area contributed by atoms with Crippen LogP contribution < -0.4 is 0 Å². The van der Waals surface area contributed by atoms with Gasteiger partial charge in [0.25, 0.3) is 0 Å². The van der Waals surface area contributed by atoms with Crippen LogP contribution in [0.25, 0.3) is 0 Å². The first-order valence-electron chi connectivity index (χ1n) is 5.37. The molecular weight excluding hydrogens is 178 g/mol. The number of rotatable bonds is 3. The number of nitrogens with zero attached hydrogens (tertiary/aromatic N) is 1. The second kappa shape index (κ2) is 3.80. The summed E-state index contributed by atoms with van der Waals surface area (Å²) in [6.45, 7) is 7.74. The molecule has 0 aromatic carbocycles. The van der Waals surface area contributed by atoms with Crippen molar-refractivity contribution in [2.24, 2.45) is 11.3 Å². The van der Waals surface area contributed by atoms with Gasteiger partial charge in [-0.1, -0.05) is 20.8 Å². The van der Waals surface area contributed by atoms with E-state index < -0.39 is 11.0 Å². The minimum atomic E-state index is -0.731. The molecule has 0 aliphatic carbocycles. The molecule has 14 heavy (non-hydrogen) atoms. The molecule has 3 heteroatoms. The standard InChI is InChI=1S/C11H23NO2/c1-9(2)10(3,8-13)11(14)5-6-12(4)7-11/h9,13-14H,5-8H2,1-4H3. The number of aliphatic hydroxyl groups is 2. The largest absolute Gasteiger partial charge is 0.396 e. The van der Waals surface area contributed by atoms with Crippen LogP contribution >= 0.6 is 0 Å². The monoisotopic (exact) mass is 201 g/mol. The molecule has 0 spiro atoms. The molecule has 0 saturated carbocycles. The van der Waals surface area contributed by atoms with Gasteiger partial charge in [-0.25, -0.2) is 0 Å². The number of likely N-dealkylation sites (tertiary alicyclic amines) is 1. The van der Waals surface area contributed by atoms with E-state index in [1.165, 1.54) is 0 Å². The van der Waals surface area contributed by atoms with Crippen molar-refractivity contribution < 1.29 is 10.2 Å². The van der Waals surface area contributed by atoms with Crippen LogP contribution in [0.15, 0.2) is 0 Å². The molecule has 1 aliphatic rings. The van der Waals surface area contributed by atoms with Crippen LogP contribution in [-0.2, 0) is 0 Å². The second-order valence-electron chi connectivity index (χ2n) is 5.25. The van der Waals surface area contributed by atoms with Crippen LogP contribution in [0, 0.1) is 11.3 Å². The summed E-state index contributed by atoms with van der Waals surface area (Å²) in [5.41, 5.74) is -1.12. The highest BCUT2D eigenvalue weighted by atomic mass is 16.3. The summed E-state index contributed by atoms with van der Waals surface area (Å²) in [4.78, 5) is 2.12. The summed E-state index contributed by atoms with van der Waals surface area (Å²) in [7, 11) is 2.01. The smallest absolute Gasteiger partial charge is 0.0863 e. The summed E-state index contributed by atoms with van der Waals surface area (Å²) in [6, 6.07) is 0. The van der Waals surface area contributed by atoms with Crippen molar-refractivity contribution >= 4 is 0 Å². The summed E-state index contributed by atoms with van der Waals surface area (Å²) in [5.74, 6) is 0.281. The maximum absolute atomic E-state index is 10.5. The molecule has 2 unspecified atom stereocenters.